The predicted octanol–water partition coefficient (Wildman–Crippen LogP) is 2.73. The van der Waals surface area contributed by atoms with Crippen LogP contribution >= 0.6 is 0 Å². The zero-order valence-electron chi connectivity index (χ0n) is 8.89. The molecular formula is C13H14N2O. The molecule has 2 aromatic carbocycles. The van der Waals surface area contributed by atoms with Gasteiger partial charge in [0.15, 0.2) is 0 Å². The Kier molecular flexibility index (Phi) is 3.94. The van der Waals surface area contributed by atoms with Gasteiger partial charge in [-0.2, -0.15) is 10.4 Å². The van der Waals surface area contributed by atoms with E-state index in [1.165, 1.54) is 5.56 Å². The smallest absolute Gasteiger partial charge is 0.0623 e. The summed E-state index contributed by atoms with van der Waals surface area (Å²) < 4.78 is 0. The van der Waals surface area contributed by atoms with Crippen LogP contribution in [0.1, 0.15) is 5.56 Å². The molecule has 0 saturated heterocycles. The van der Waals surface area contributed by atoms with Crippen LogP contribution in [-0.4, -0.2) is 0 Å². The van der Waals surface area contributed by atoms with Crippen LogP contribution in [0.25, 0.3) is 0 Å². The molecule has 16 heavy (non-hydrogen) atoms. The summed E-state index contributed by atoms with van der Waals surface area (Å²) in [5.41, 5.74) is 7.74. The normalized spacial score (nSPS) is 10.0. The summed E-state index contributed by atoms with van der Waals surface area (Å²) in [5, 5.41) is 0. The Bertz CT molecular complexity index is 361. The molecule has 0 bridgehead atoms. The van der Waals surface area contributed by atoms with Gasteiger partial charge in [0.25, 0.3) is 0 Å². The molecular weight excluding hydrogens is 200 g/mol. The number of hydroxylamine groups is 1. The number of para-hydroxylation sites is 1. The van der Waals surface area contributed by atoms with E-state index in [0.29, 0.717) is 6.54 Å². The fourth-order valence-electron chi connectivity index (χ4n) is 1.32. The molecule has 3 nitrogen and oxygen atoms in total. The molecule has 0 heterocycles. The molecule has 0 fully saturated rings. The quantitative estimate of drug-likeness (QED) is 0.593. The standard InChI is InChI=1S/C13H14N2O/c1-3-7-12(8-4-1)11-14-16-15-13-9-5-2-6-10-13/h1-10,14-15H,11H2. The van der Waals surface area contributed by atoms with Gasteiger partial charge in [-0.15, -0.1) is 0 Å². The van der Waals surface area contributed by atoms with Crippen LogP contribution in [0.5, 0.6) is 0 Å². The van der Waals surface area contributed by atoms with Crippen LogP contribution in [0.15, 0.2) is 60.7 Å². The number of benzene rings is 2. The first kappa shape index (κ1) is 10.7. The number of hydrogen-bond donors (Lipinski definition) is 2. The number of nitrogens with one attached hydrogen (secondary N) is 2. The summed E-state index contributed by atoms with van der Waals surface area (Å²) in [7, 11) is 0. The zero-order valence-corrected chi connectivity index (χ0v) is 8.89. The fraction of sp³-hybridized carbons (Fsp3) is 0.0769. The highest BCUT2D eigenvalue weighted by atomic mass is 16.8. The van der Waals surface area contributed by atoms with E-state index in [9.17, 15) is 0 Å². The van der Waals surface area contributed by atoms with Gasteiger partial charge in [0.05, 0.1) is 5.69 Å². The van der Waals surface area contributed by atoms with Gasteiger partial charge in [0, 0.05) is 6.54 Å². The summed E-state index contributed by atoms with van der Waals surface area (Å²) in [6, 6.07) is 19.8. The van der Waals surface area contributed by atoms with E-state index in [1.807, 2.05) is 60.7 Å². The third kappa shape index (κ3) is 3.38. The molecule has 0 radical (unpaired) electrons. The Balaban J connectivity index is 1.70. The van der Waals surface area contributed by atoms with Crippen molar-refractivity contribution >= 4 is 5.69 Å². The molecule has 0 unspecified atom stereocenters. The maximum atomic E-state index is 5.12. The van der Waals surface area contributed by atoms with Crippen molar-refractivity contribution in [3.05, 3.63) is 66.2 Å². The molecule has 82 valence electrons. The maximum absolute atomic E-state index is 5.12. The first-order chi connectivity index (χ1) is 7.95. The second kappa shape index (κ2) is 5.90. The third-order valence-corrected chi connectivity index (χ3v) is 2.13. The summed E-state index contributed by atoms with van der Waals surface area (Å²) in [4.78, 5) is 5.12. The van der Waals surface area contributed by atoms with Crippen LogP contribution in [0.4, 0.5) is 5.69 Å². The van der Waals surface area contributed by atoms with Gasteiger partial charge in [-0.1, -0.05) is 48.5 Å². The molecule has 0 aliphatic rings. The lowest BCUT2D eigenvalue weighted by atomic mass is 10.2. The highest BCUT2D eigenvalue weighted by Crippen LogP contribution is 2.04. The Hall–Kier alpha value is -1.84. The molecule has 3 heteroatoms. The Morgan fingerprint density at radius 2 is 1.44 bits per heavy atom. The summed E-state index contributed by atoms with van der Waals surface area (Å²) in [5.74, 6) is 0. The molecule has 2 aromatic rings. The van der Waals surface area contributed by atoms with Gasteiger partial charge in [-0.05, 0) is 17.7 Å². The number of hydrogen-bond acceptors (Lipinski definition) is 3. The van der Waals surface area contributed by atoms with Crippen molar-refractivity contribution in [2.75, 3.05) is 5.48 Å². The highest BCUT2D eigenvalue weighted by molar-refractivity contribution is 5.39. The highest BCUT2D eigenvalue weighted by Gasteiger charge is 1.91. The average molecular weight is 214 g/mol. The lowest BCUT2D eigenvalue weighted by Crippen LogP contribution is -2.18. The Morgan fingerprint density at radius 1 is 0.812 bits per heavy atom. The number of rotatable bonds is 5. The second-order valence-corrected chi connectivity index (χ2v) is 3.38. The molecule has 0 aromatic heterocycles. The van der Waals surface area contributed by atoms with Crippen molar-refractivity contribution in [1.29, 1.82) is 0 Å². The minimum Gasteiger partial charge on any atom is -0.248 e. The van der Waals surface area contributed by atoms with Crippen LogP contribution < -0.4 is 11.0 Å². The molecule has 2 rings (SSSR count). The van der Waals surface area contributed by atoms with E-state index in [0.717, 1.165) is 5.69 Å². The molecule has 0 amide bonds. The van der Waals surface area contributed by atoms with Gasteiger partial charge in [-0.3, -0.25) is 0 Å². The van der Waals surface area contributed by atoms with Crippen molar-refractivity contribution in [3.63, 3.8) is 0 Å². The first-order valence-corrected chi connectivity index (χ1v) is 5.19. The predicted molar refractivity (Wildman–Crippen MR) is 64.4 cm³/mol. The van der Waals surface area contributed by atoms with Crippen LogP contribution in [0.3, 0.4) is 0 Å². The summed E-state index contributed by atoms with van der Waals surface area (Å²) >= 11 is 0. The van der Waals surface area contributed by atoms with E-state index in [4.69, 9.17) is 4.94 Å². The van der Waals surface area contributed by atoms with E-state index in [1.54, 1.807) is 0 Å². The van der Waals surface area contributed by atoms with Crippen LogP contribution in [0, 0.1) is 0 Å². The molecule has 0 atom stereocenters. The lowest BCUT2D eigenvalue weighted by Gasteiger charge is -2.07. The van der Waals surface area contributed by atoms with Gasteiger partial charge < -0.3 is 0 Å². The number of anilines is 1. The van der Waals surface area contributed by atoms with Crippen molar-refractivity contribution < 1.29 is 4.94 Å². The van der Waals surface area contributed by atoms with E-state index >= 15 is 0 Å². The molecule has 0 aliphatic carbocycles. The fourth-order valence-corrected chi connectivity index (χ4v) is 1.32. The maximum Gasteiger partial charge on any atom is 0.0623 e. The van der Waals surface area contributed by atoms with Gasteiger partial charge in [0.1, 0.15) is 0 Å². The molecule has 0 saturated carbocycles. The Morgan fingerprint density at radius 3 is 2.12 bits per heavy atom. The monoisotopic (exact) mass is 214 g/mol. The van der Waals surface area contributed by atoms with E-state index in [2.05, 4.69) is 11.0 Å². The third-order valence-electron chi connectivity index (χ3n) is 2.13. The van der Waals surface area contributed by atoms with Crippen molar-refractivity contribution in [2.45, 2.75) is 6.54 Å². The van der Waals surface area contributed by atoms with Crippen molar-refractivity contribution in [3.8, 4) is 0 Å². The van der Waals surface area contributed by atoms with Crippen molar-refractivity contribution in [2.24, 2.45) is 0 Å². The summed E-state index contributed by atoms with van der Waals surface area (Å²) in [6.45, 7) is 0.667. The largest absolute Gasteiger partial charge is 0.248 e. The summed E-state index contributed by atoms with van der Waals surface area (Å²) in [6.07, 6.45) is 0. The molecule has 0 spiro atoms. The van der Waals surface area contributed by atoms with E-state index in [-0.39, 0.29) is 0 Å². The van der Waals surface area contributed by atoms with Gasteiger partial charge in [0.2, 0.25) is 0 Å². The average Bonchev–Trinajstić information content (AvgIpc) is 2.37. The van der Waals surface area contributed by atoms with Crippen molar-refractivity contribution in [1.82, 2.24) is 5.48 Å². The van der Waals surface area contributed by atoms with Crippen LogP contribution in [0.2, 0.25) is 0 Å². The SMILES string of the molecule is c1ccc(CNONc2ccccc2)cc1. The molecule has 0 aliphatic heterocycles. The second-order valence-electron chi connectivity index (χ2n) is 3.38. The minimum absolute atomic E-state index is 0.667. The van der Waals surface area contributed by atoms with Crippen LogP contribution in [-0.2, 0) is 11.5 Å². The van der Waals surface area contributed by atoms with Gasteiger partial charge >= 0.3 is 0 Å². The van der Waals surface area contributed by atoms with Gasteiger partial charge in [-0.25, -0.2) is 5.48 Å². The molecule has 2 N–H and O–H groups in total. The topological polar surface area (TPSA) is 33.3 Å². The van der Waals surface area contributed by atoms with E-state index < -0.39 is 0 Å². The lowest BCUT2D eigenvalue weighted by molar-refractivity contribution is 0.0837. The Labute approximate surface area is 95.0 Å². The zero-order chi connectivity index (χ0) is 11.1. The first-order valence-electron chi connectivity index (χ1n) is 5.19. The minimum atomic E-state index is 0.667.